The van der Waals surface area contributed by atoms with E-state index < -0.39 is 0 Å². The average Bonchev–Trinajstić information content (AvgIpc) is 3.33. The molecule has 7 heteroatoms. The minimum Gasteiger partial charge on any atom is -0.335 e. The molecule has 7 aromatic rings. The Morgan fingerprint density at radius 1 is 0.705 bits per heavy atom. The van der Waals surface area contributed by atoms with Crippen molar-refractivity contribution in [2.75, 3.05) is 4.90 Å². The molecule has 0 unspecified atom stereocenters. The molecule has 0 bridgehead atoms. The van der Waals surface area contributed by atoms with Crippen LogP contribution in [0.3, 0.4) is 0 Å². The summed E-state index contributed by atoms with van der Waals surface area (Å²) in [4.78, 5) is 31.4. The van der Waals surface area contributed by atoms with E-state index in [0.29, 0.717) is 30.1 Å². The molecule has 3 aromatic carbocycles. The van der Waals surface area contributed by atoms with Crippen LogP contribution < -0.4 is 10.5 Å². The zero-order chi connectivity index (χ0) is 30.5. The van der Waals surface area contributed by atoms with Crippen LogP contribution in [0.2, 0.25) is 0 Å². The highest BCUT2D eigenvalue weighted by molar-refractivity contribution is 5.96. The lowest BCUT2D eigenvalue weighted by Gasteiger charge is -2.25. The molecule has 0 saturated carbocycles. The maximum Gasteiger partial charge on any atom is 0.264 e. The summed E-state index contributed by atoms with van der Waals surface area (Å²) in [5.41, 5.74) is 9.71. The van der Waals surface area contributed by atoms with Gasteiger partial charge in [0.15, 0.2) is 0 Å². The topological polar surface area (TPSA) is 68.8 Å². The predicted octanol–water partition coefficient (Wildman–Crippen LogP) is 7.17. The van der Waals surface area contributed by atoms with E-state index in [1.807, 2.05) is 73.4 Å². The lowest BCUT2D eigenvalue weighted by Crippen LogP contribution is -2.32. The minimum atomic E-state index is -0.0806. The molecule has 4 aromatic heterocycles. The van der Waals surface area contributed by atoms with Gasteiger partial charge >= 0.3 is 0 Å². The fourth-order valence-electron chi connectivity index (χ4n) is 6.45. The quantitative estimate of drug-likeness (QED) is 0.209. The van der Waals surface area contributed by atoms with Gasteiger partial charge in [0.05, 0.1) is 40.9 Å². The van der Waals surface area contributed by atoms with Crippen molar-refractivity contribution < 1.29 is 0 Å². The number of aromatic nitrogens is 5. The number of aryl methyl sites for hydroxylation is 4. The molecule has 0 aliphatic heterocycles. The molecular formula is C37H34N6O. The van der Waals surface area contributed by atoms with Crippen LogP contribution in [0.1, 0.15) is 28.1 Å². The number of fused-ring (bicyclic) bond motifs is 3. The summed E-state index contributed by atoms with van der Waals surface area (Å²) in [5.74, 6) is 0.567. The molecular weight excluding hydrogens is 544 g/mol. The summed E-state index contributed by atoms with van der Waals surface area (Å²) in [7, 11) is 3.77. The third-order valence-electron chi connectivity index (χ3n) is 8.42. The van der Waals surface area contributed by atoms with Crippen molar-refractivity contribution in [2.24, 2.45) is 14.1 Å². The van der Waals surface area contributed by atoms with Crippen LogP contribution in [0.15, 0.2) is 95.9 Å². The van der Waals surface area contributed by atoms with Gasteiger partial charge in [0, 0.05) is 36.6 Å². The van der Waals surface area contributed by atoms with Gasteiger partial charge in [0.1, 0.15) is 5.65 Å². The van der Waals surface area contributed by atoms with Crippen molar-refractivity contribution in [2.45, 2.75) is 33.9 Å². The van der Waals surface area contributed by atoms with Crippen molar-refractivity contribution in [1.29, 1.82) is 0 Å². The van der Waals surface area contributed by atoms with Crippen molar-refractivity contribution >= 4 is 38.8 Å². The van der Waals surface area contributed by atoms with Crippen molar-refractivity contribution in [3.8, 4) is 11.1 Å². The van der Waals surface area contributed by atoms with Gasteiger partial charge in [-0.1, -0.05) is 66.2 Å². The molecule has 0 spiro atoms. The largest absolute Gasteiger partial charge is 0.335 e. The maximum absolute atomic E-state index is 14.3. The van der Waals surface area contributed by atoms with Gasteiger partial charge in [-0.2, -0.15) is 4.98 Å². The average molecular weight is 579 g/mol. The number of hydrogen-bond donors (Lipinski definition) is 0. The number of nitrogens with zero attached hydrogens (tertiary/aromatic N) is 6. The second kappa shape index (κ2) is 10.8. The van der Waals surface area contributed by atoms with Gasteiger partial charge < -0.3 is 9.47 Å². The van der Waals surface area contributed by atoms with Crippen molar-refractivity contribution in [1.82, 2.24) is 24.1 Å². The summed E-state index contributed by atoms with van der Waals surface area (Å²) >= 11 is 0. The molecule has 0 atom stereocenters. The number of pyridine rings is 2. The number of para-hydroxylation sites is 2. The van der Waals surface area contributed by atoms with Crippen LogP contribution >= 0.6 is 0 Å². The van der Waals surface area contributed by atoms with Gasteiger partial charge in [-0.3, -0.25) is 19.3 Å². The number of hydrogen-bond acceptors (Lipinski definition) is 5. The highest BCUT2D eigenvalue weighted by atomic mass is 16.1. The van der Waals surface area contributed by atoms with E-state index in [9.17, 15) is 4.79 Å². The second-order valence-corrected chi connectivity index (χ2v) is 11.7. The number of benzene rings is 3. The number of rotatable bonds is 6. The first-order chi connectivity index (χ1) is 21.3. The first kappa shape index (κ1) is 27.5. The Bertz CT molecular complexity index is 2170. The van der Waals surface area contributed by atoms with Gasteiger partial charge in [-0.15, -0.1) is 0 Å². The first-order valence-electron chi connectivity index (χ1n) is 14.9. The standard InChI is InChI=1S/C37H34N6O/c1-23-18-24(2)33(25(3)19-23)30-22-41(4)35-34(30)36(44)42(5)37(40-35)43(20-28-16-14-26-10-6-8-12-31(26)38-28)21-29-17-15-27-11-7-9-13-32(27)39-29/h6-19,22H,20-21H2,1-5H3. The molecule has 7 rings (SSSR count). The van der Waals surface area contributed by atoms with E-state index in [1.54, 1.807) is 4.57 Å². The van der Waals surface area contributed by atoms with Gasteiger partial charge in [-0.05, 0) is 61.7 Å². The lowest BCUT2D eigenvalue weighted by molar-refractivity contribution is 0.692. The zero-order valence-electron chi connectivity index (χ0n) is 25.7. The van der Waals surface area contributed by atoms with Crippen LogP contribution in [0.4, 0.5) is 5.95 Å². The van der Waals surface area contributed by atoms with Crippen LogP contribution in [0.5, 0.6) is 0 Å². The molecule has 0 N–H and O–H groups in total. The Morgan fingerprint density at radius 3 is 1.82 bits per heavy atom. The number of anilines is 1. The lowest BCUT2D eigenvalue weighted by atomic mass is 9.94. The Labute approximate surface area is 256 Å². The van der Waals surface area contributed by atoms with Crippen LogP contribution in [0, 0.1) is 20.8 Å². The van der Waals surface area contributed by atoms with Crippen LogP contribution in [0.25, 0.3) is 44.0 Å². The zero-order valence-corrected chi connectivity index (χ0v) is 25.7. The molecule has 0 aliphatic rings. The van der Waals surface area contributed by atoms with Crippen LogP contribution in [-0.2, 0) is 27.2 Å². The van der Waals surface area contributed by atoms with Gasteiger partial charge in [-0.25, -0.2) is 0 Å². The Kier molecular flexibility index (Phi) is 6.73. The molecule has 0 radical (unpaired) electrons. The molecule has 44 heavy (non-hydrogen) atoms. The minimum absolute atomic E-state index is 0.0806. The molecule has 218 valence electrons. The van der Waals surface area contributed by atoms with E-state index in [4.69, 9.17) is 15.0 Å². The monoisotopic (exact) mass is 578 g/mol. The maximum atomic E-state index is 14.3. The molecule has 0 aliphatic carbocycles. The molecule has 7 nitrogen and oxygen atoms in total. The molecule has 0 saturated heterocycles. The van der Waals surface area contributed by atoms with Gasteiger partial charge in [0.25, 0.3) is 5.56 Å². The summed E-state index contributed by atoms with van der Waals surface area (Å²) in [6.07, 6.45) is 2.04. The Morgan fingerprint density at radius 2 is 1.25 bits per heavy atom. The van der Waals surface area contributed by atoms with E-state index in [1.165, 1.54) is 5.56 Å². The van der Waals surface area contributed by atoms with Crippen molar-refractivity contribution in [3.05, 3.63) is 130 Å². The summed E-state index contributed by atoms with van der Waals surface area (Å²) in [6.45, 7) is 7.23. The Hall–Kier alpha value is -5.30. The summed E-state index contributed by atoms with van der Waals surface area (Å²) in [6, 6.07) is 28.8. The third-order valence-corrected chi connectivity index (χ3v) is 8.42. The van der Waals surface area contributed by atoms with Crippen molar-refractivity contribution in [3.63, 3.8) is 0 Å². The first-order valence-corrected chi connectivity index (χ1v) is 14.9. The third kappa shape index (κ3) is 4.80. The van der Waals surface area contributed by atoms with E-state index >= 15 is 0 Å². The summed E-state index contributed by atoms with van der Waals surface area (Å²) in [5, 5.41) is 2.80. The highest BCUT2D eigenvalue weighted by Crippen LogP contribution is 2.34. The molecule has 0 fully saturated rings. The SMILES string of the molecule is Cc1cc(C)c(-c2cn(C)c3nc(N(Cc4ccc5ccccc5n4)Cc4ccc5ccccc5n4)n(C)c(=O)c23)c(C)c1. The molecule has 4 heterocycles. The second-order valence-electron chi connectivity index (χ2n) is 11.7. The molecule has 0 amide bonds. The predicted molar refractivity (Wildman–Crippen MR) is 179 cm³/mol. The Balaban J connectivity index is 1.38. The normalized spacial score (nSPS) is 11.6. The fourth-order valence-corrected chi connectivity index (χ4v) is 6.45. The summed E-state index contributed by atoms with van der Waals surface area (Å²) < 4.78 is 3.64. The highest BCUT2D eigenvalue weighted by Gasteiger charge is 2.23. The van der Waals surface area contributed by atoms with Crippen LogP contribution in [-0.4, -0.2) is 24.1 Å². The van der Waals surface area contributed by atoms with E-state index in [0.717, 1.165) is 55.4 Å². The van der Waals surface area contributed by atoms with E-state index in [-0.39, 0.29) is 5.56 Å². The smallest absolute Gasteiger partial charge is 0.264 e. The van der Waals surface area contributed by atoms with Gasteiger partial charge in [0.2, 0.25) is 5.95 Å². The fraction of sp³-hybridized carbons (Fsp3) is 0.189. The van der Waals surface area contributed by atoms with E-state index in [2.05, 4.69) is 62.1 Å².